The van der Waals surface area contributed by atoms with Gasteiger partial charge in [-0.1, -0.05) is 0 Å². The van der Waals surface area contributed by atoms with Crippen LogP contribution in [0, 0.1) is 10.1 Å². The van der Waals surface area contributed by atoms with Crippen molar-refractivity contribution in [1.82, 2.24) is 18.7 Å². The van der Waals surface area contributed by atoms with E-state index in [1.165, 1.54) is 44.4 Å². The number of carbonyl (C=O) groups excluding carboxylic acids is 1. The van der Waals surface area contributed by atoms with Crippen LogP contribution >= 0.6 is 0 Å². The summed E-state index contributed by atoms with van der Waals surface area (Å²) in [5, 5.41) is 14.2. The molecule has 10 heteroatoms. The Labute approximate surface area is 163 Å². The Bertz CT molecular complexity index is 1320. The Kier molecular flexibility index (Phi) is 4.23. The van der Waals surface area contributed by atoms with E-state index in [-0.39, 0.29) is 16.9 Å². The maximum Gasteiger partial charge on any atom is 0.328 e. The highest BCUT2D eigenvalue weighted by atomic mass is 16.6. The van der Waals surface area contributed by atoms with Crippen LogP contribution in [0.2, 0.25) is 0 Å². The number of rotatable bonds is 4. The first-order valence-electron chi connectivity index (χ1n) is 8.60. The Morgan fingerprint density at radius 1 is 1.10 bits per heavy atom. The van der Waals surface area contributed by atoms with Gasteiger partial charge in [0.15, 0.2) is 0 Å². The number of anilines is 1. The third-order valence-corrected chi connectivity index (χ3v) is 4.75. The molecule has 0 spiro atoms. The second-order valence-electron chi connectivity index (χ2n) is 6.49. The number of hydrogen-bond donors (Lipinski definition) is 1. The van der Waals surface area contributed by atoms with Crippen LogP contribution in [0.1, 0.15) is 10.4 Å². The lowest BCUT2D eigenvalue weighted by Gasteiger charge is -2.08. The molecule has 0 saturated carbocycles. The number of nitro groups is 1. The number of fused-ring (bicyclic) bond motifs is 1. The molecule has 0 aliphatic heterocycles. The van der Waals surface area contributed by atoms with Crippen LogP contribution < -0.4 is 11.0 Å². The second kappa shape index (κ2) is 6.75. The molecule has 146 valence electrons. The number of nitrogens with zero attached hydrogens (tertiary/aromatic N) is 5. The van der Waals surface area contributed by atoms with Gasteiger partial charge < -0.3 is 9.88 Å². The van der Waals surface area contributed by atoms with Gasteiger partial charge in [-0.25, -0.2) is 9.78 Å². The van der Waals surface area contributed by atoms with Crippen molar-refractivity contribution in [1.29, 1.82) is 0 Å². The Hall–Kier alpha value is -4.21. The topological polar surface area (TPSA) is 117 Å². The predicted octanol–water partition coefficient (Wildman–Crippen LogP) is 2.22. The predicted molar refractivity (Wildman–Crippen MR) is 106 cm³/mol. The number of aryl methyl sites for hydroxylation is 2. The van der Waals surface area contributed by atoms with Crippen LogP contribution in [-0.2, 0) is 14.1 Å². The van der Waals surface area contributed by atoms with E-state index in [0.717, 1.165) is 5.52 Å². The van der Waals surface area contributed by atoms with E-state index in [4.69, 9.17) is 0 Å². The fourth-order valence-electron chi connectivity index (χ4n) is 3.22. The van der Waals surface area contributed by atoms with Crippen molar-refractivity contribution in [3.05, 3.63) is 81.3 Å². The van der Waals surface area contributed by atoms with Crippen molar-refractivity contribution in [3.63, 3.8) is 0 Å². The SMILES string of the molecule is Cn1c(=O)n(C)c2cc(NC(=O)c3ccc(-n4ccnc4)c([N+](=O)[O-])c3)ccc21. The molecule has 0 unspecified atom stereocenters. The quantitative estimate of drug-likeness (QED) is 0.422. The average molecular weight is 392 g/mol. The third-order valence-electron chi connectivity index (χ3n) is 4.75. The van der Waals surface area contributed by atoms with Crippen LogP contribution in [0.3, 0.4) is 0 Å². The van der Waals surface area contributed by atoms with E-state index < -0.39 is 10.8 Å². The number of benzene rings is 2. The van der Waals surface area contributed by atoms with Crippen LogP contribution in [0.25, 0.3) is 16.7 Å². The van der Waals surface area contributed by atoms with Gasteiger partial charge in [-0.05, 0) is 30.3 Å². The van der Waals surface area contributed by atoms with E-state index in [1.54, 1.807) is 38.5 Å². The second-order valence-corrected chi connectivity index (χ2v) is 6.49. The summed E-state index contributed by atoms with van der Waals surface area (Å²) in [4.78, 5) is 39.5. The first kappa shape index (κ1) is 18.2. The number of nitrogens with one attached hydrogen (secondary N) is 1. The molecule has 1 N–H and O–H groups in total. The van der Waals surface area contributed by atoms with Crippen molar-refractivity contribution in [2.75, 3.05) is 5.32 Å². The third kappa shape index (κ3) is 3.06. The van der Waals surface area contributed by atoms with Crippen LogP contribution in [0.5, 0.6) is 0 Å². The highest BCUT2D eigenvalue weighted by Crippen LogP contribution is 2.25. The maximum atomic E-state index is 12.7. The number of hydrogen-bond acceptors (Lipinski definition) is 5. The molecule has 1 amide bonds. The van der Waals surface area contributed by atoms with E-state index in [0.29, 0.717) is 16.9 Å². The monoisotopic (exact) mass is 392 g/mol. The van der Waals surface area contributed by atoms with Gasteiger partial charge in [0.05, 0.1) is 22.3 Å². The van der Waals surface area contributed by atoms with Gasteiger partial charge in [-0.3, -0.25) is 24.0 Å². The standard InChI is InChI=1S/C19H16N6O4/c1-22-14-6-4-13(10-16(14)23(2)19(22)27)21-18(26)12-3-5-15(17(9-12)25(28)29)24-8-7-20-11-24/h3-11H,1-2H3,(H,21,26). The lowest BCUT2D eigenvalue weighted by Crippen LogP contribution is -2.19. The molecule has 4 aromatic rings. The molecule has 29 heavy (non-hydrogen) atoms. The lowest BCUT2D eigenvalue weighted by atomic mass is 10.1. The van der Waals surface area contributed by atoms with Gasteiger partial charge >= 0.3 is 5.69 Å². The van der Waals surface area contributed by atoms with Gasteiger partial charge in [0.2, 0.25) is 0 Å². The Morgan fingerprint density at radius 3 is 2.55 bits per heavy atom. The molecular formula is C19H16N6O4. The van der Waals surface area contributed by atoms with Crippen LogP contribution in [0.15, 0.2) is 59.9 Å². The highest BCUT2D eigenvalue weighted by Gasteiger charge is 2.19. The molecule has 0 aliphatic carbocycles. The Morgan fingerprint density at radius 2 is 1.86 bits per heavy atom. The minimum absolute atomic E-state index is 0.141. The summed E-state index contributed by atoms with van der Waals surface area (Å²) in [6.45, 7) is 0. The van der Waals surface area contributed by atoms with Crippen molar-refractivity contribution >= 4 is 28.3 Å². The van der Waals surface area contributed by atoms with Crippen molar-refractivity contribution in [3.8, 4) is 5.69 Å². The van der Waals surface area contributed by atoms with Gasteiger partial charge in [0.25, 0.3) is 11.6 Å². The molecule has 0 bridgehead atoms. The molecule has 0 atom stereocenters. The van der Waals surface area contributed by atoms with E-state index in [1.807, 2.05) is 0 Å². The average Bonchev–Trinajstić information content (AvgIpc) is 3.32. The van der Waals surface area contributed by atoms with Crippen LogP contribution in [0.4, 0.5) is 11.4 Å². The van der Waals surface area contributed by atoms with E-state index in [2.05, 4.69) is 10.3 Å². The summed E-state index contributed by atoms with van der Waals surface area (Å²) in [5.41, 5.74) is 1.94. The minimum Gasteiger partial charge on any atom is -0.322 e. The first-order chi connectivity index (χ1) is 13.9. The molecule has 4 rings (SSSR count). The normalized spacial score (nSPS) is 11.0. The maximum absolute atomic E-state index is 12.7. The molecular weight excluding hydrogens is 376 g/mol. The van der Waals surface area contributed by atoms with Crippen molar-refractivity contribution < 1.29 is 9.72 Å². The summed E-state index contributed by atoms with van der Waals surface area (Å²) < 4.78 is 4.50. The first-order valence-corrected chi connectivity index (χ1v) is 8.60. The lowest BCUT2D eigenvalue weighted by molar-refractivity contribution is -0.384. The fourth-order valence-corrected chi connectivity index (χ4v) is 3.22. The number of aromatic nitrogens is 4. The van der Waals surface area contributed by atoms with Crippen LogP contribution in [-0.4, -0.2) is 29.5 Å². The summed E-state index contributed by atoms with van der Waals surface area (Å²) in [5.74, 6) is -0.495. The van der Waals surface area contributed by atoms with E-state index in [9.17, 15) is 19.7 Å². The van der Waals surface area contributed by atoms with Crippen molar-refractivity contribution in [2.24, 2.45) is 14.1 Å². The summed E-state index contributed by atoms with van der Waals surface area (Å²) in [7, 11) is 3.32. The van der Waals surface area contributed by atoms with Gasteiger partial charge in [-0.15, -0.1) is 0 Å². The number of amides is 1. The van der Waals surface area contributed by atoms with Gasteiger partial charge in [-0.2, -0.15) is 0 Å². The summed E-state index contributed by atoms with van der Waals surface area (Å²) >= 11 is 0. The number of carbonyl (C=O) groups is 1. The Balaban J connectivity index is 1.67. The zero-order valence-corrected chi connectivity index (χ0v) is 15.6. The molecule has 0 radical (unpaired) electrons. The molecule has 2 aromatic heterocycles. The highest BCUT2D eigenvalue weighted by molar-refractivity contribution is 6.05. The number of nitro benzene ring substituents is 1. The largest absolute Gasteiger partial charge is 0.328 e. The smallest absolute Gasteiger partial charge is 0.322 e. The van der Waals surface area contributed by atoms with E-state index >= 15 is 0 Å². The molecule has 0 fully saturated rings. The summed E-state index contributed by atoms with van der Waals surface area (Å²) in [6.07, 6.45) is 4.54. The zero-order valence-electron chi connectivity index (χ0n) is 15.6. The minimum atomic E-state index is -0.544. The number of imidazole rings is 2. The molecule has 2 aromatic carbocycles. The summed E-state index contributed by atoms with van der Waals surface area (Å²) in [6, 6.07) is 9.32. The van der Waals surface area contributed by atoms with Gasteiger partial charge in [0, 0.05) is 43.8 Å². The molecule has 0 aliphatic rings. The van der Waals surface area contributed by atoms with Crippen molar-refractivity contribution in [2.45, 2.75) is 0 Å². The van der Waals surface area contributed by atoms with Gasteiger partial charge in [0.1, 0.15) is 5.69 Å². The molecule has 10 nitrogen and oxygen atoms in total. The molecule has 2 heterocycles. The zero-order chi connectivity index (χ0) is 20.7. The fraction of sp³-hybridized carbons (Fsp3) is 0.105. The molecule has 0 saturated heterocycles.